The summed E-state index contributed by atoms with van der Waals surface area (Å²) in [6.07, 6.45) is 13.2. The van der Waals surface area contributed by atoms with E-state index in [2.05, 4.69) is 42.2 Å². The summed E-state index contributed by atoms with van der Waals surface area (Å²) in [6, 6.07) is 8.29. The molecule has 4 nitrogen and oxygen atoms in total. The first kappa shape index (κ1) is 23.7. The summed E-state index contributed by atoms with van der Waals surface area (Å²) in [5.74, 6) is 1.01. The fourth-order valence-corrected chi connectivity index (χ4v) is 5.89. The maximum Gasteiger partial charge on any atom is 0.0761 e. The summed E-state index contributed by atoms with van der Waals surface area (Å²) in [5, 5.41) is 21.1. The zero-order chi connectivity index (χ0) is 22.3. The van der Waals surface area contributed by atoms with Crippen LogP contribution < -0.4 is 0 Å². The van der Waals surface area contributed by atoms with Gasteiger partial charge in [0.1, 0.15) is 0 Å². The molecule has 2 fully saturated rings. The molecule has 1 aliphatic heterocycles. The molecule has 1 heterocycles. The van der Waals surface area contributed by atoms with E-state index in [1.54, 1.807) is 0 Å². The van der Waals surface area contributed by atoms with Crippen LogP contribution in [0, 0.1) is 24.7 Å². The van der Waals surface area contributed by atoms with Crippen molar-refractivity contribution in [3.05, 3.63) is 59.2 Å². The number of hydrogen-bond donors (Lipinski definition) is 2. The largest absolute Gasteiger partial charge is 0.392 e. The number of aryl methyl sites for hydroxylation is 1. The highest BCUT2D eigenvalue weighted by molar-refractivity contribution is 5.24. The Morgan fingerprint density at radius 2 is 2.06 bits per heavy atom. The standard InChI is InChI=1S/C28H41NO3/c1-21-7-5-8-22(15-21)17-25(30)9-10-26-27-18-23(16-24(27)19-28(26)31)20-32-14-6-13-29-11-3-2-4-12-29/h5,7-10,15-16,24-28,30-31H,2-4,6,11-14,17-20H2,1H3/b10-9+/t24-,25+,26+,27-,28+/m0/s1. The minimum absolute atomic E-state index is 0.125. The molecule has 2 N–H and O–H groups in total. The Labute approximate surface area is 194 Å². The lowest BCUT2D eigenvalue weighted by molar-refractivity contribution is 0.126. The first-order valence-corrected chi connectivity index (χ1v) is 12.7. The highest BCUT2D eigenvalue weighted by Gasteiger charge is 2.43. The quantitative estimate of drug-likeness (QED) is 0.422. The Morgan fingerprint density at radius 1 is 1.22 bits per heavy atom. The fraction of sp³-hybridized carbons (Fsp3) is 0.643. The van der Waals surface area contributed by atoms with E-state index in [1.807, 2.05) is 12.1 Å². The summed E-state index contributed by atoms with van der Waals surface area (Å²) in [4.78, 5) is 2.57. The van der Waals surface area contributed by atoms with E-state index in [0.29, 0.717) is 18.3 Å². The molecule has 4 heteroatoms. The molecular formula is C28H41NO3. The lowest BCUT2D eigenvalue weighted by Gasteiger charge is -2.26. The van der Waals surface area contributed by atoms with Crippen LogP contribution in [-0.4, -0.2) is 60.2 Å². The van der Waals surface area contributed by atoms with Crippen LogP contribution in [0.3, 0.4) is 0 Å². The molecular weight excluding hydrogens is 398 g/mol. The molecule has 1 aromatic rings. The van der Waals surface area contributed by atoms with Gasteiger partial charge in [0.25, 0.3) is 0 Å². The van der Waals surface area contributed by atoms with Gasteiger partial charge in [-0.05, 0) is 75.1 Å². The van der Waals surface area contributed by atoms with Crippen molar-refractivity contribution in [2.24, 2.45) is 17.8 Å². The van der Waals surface area contributed by atoms with Gasteiger partial charge in [0.15, 0.2) is 0 Å². The number of nitrogens with zero attached hydrogens (tertiary/aromatic N) is 1. The van der Waals surface area contributed by atoms with E-state index in [1.165, 1.54) is 43.5 Å². The molecule has 3 aliphatic rings. The molecule has 5 atom stereocenters. The normalized spacial score (nSPS) is 29.4. The van der Waals surface area contributed by atoms with Crippen LogP contribution in [0.25, 0.3) is 0 Å². The molecule has 0 spiro atoms. The van der Waals surface area contributed by atoms with Crippen LogP contribution in [-0.2, 0) is 11.2 Å². The Balaban J connectivity index is 1.19. The Kier molecular flexibility index (Phi) is 8.59. The van der Waals surface area contributed by atoms with Crippen molar-refractivity contribution >= 4 is 0 Å². The fourth-order valence-electron chi connectivity index (χ4n) is 5.89. The van der Waals surface area contributed by atoms with E-state index in [4.69, 9.17) is 4.74 Å². The highest BCUT2D eigenvalue weighted by atomic mass is 16.5. The Bertz CT molecular complexity index is 783. The minimum Gasteiger partial charge on any atom is -0.392 e. The van der Waals surface area contributed by atoms with Gasteiger partial charge < -0.3 is 19.8 Å². The van der Waals surface area contributed by atoms with Crippen LogP contribution in [0.5, 0.6) is 0 Å². The van der Waals surface area contributed by atoms with Crippen molar-refractivity contribution in [2.75, 3.05) is 32.8 Å². The van der Waals surface area contributed by atoms with Gasteiger partial charge in [0.05, 0.1) is 18.8 Å². The molecule has 0 aromatic heterocycles. The Hall–Kier alpha value is -1.46. The predicted octanol–water partition coefficient (Wildman–Crippen LogP) is 4.29. The molecule has 1 saturated heterocycles. The SMILES string of the molecule is Cc1cccc(C[C@H](O)/C=C/[C@@H]2[C@H]3CC(COCCCN4CCCCC4)=C[C@H]3C[C@H]2O)c1. The van der Waals surface area contributed by atoms with Gasteiger partial charge in [0.2, 0.25) is 0 Å². The summed E-state index contributed by atoms with van der Waals surface area (Å²) >= 11 is 0. The second kappa shape index (κ2) is 11.6. The van der Waals surface area contributed by atoms with E-state index in [9.17, 15) is 10.2 Å². The average molecular weight is 440 g/mol. The topological polar surface area (TPSA) is 52.9 Å². The van der Waals surface area contributed by atoms with E-state index in [0.717, 1.165) is 44.6 Å². The molecule has 1 saturated carbocycles. The number of piperidine rings is 1. The van der Waals surface area contributed by atoms with Crippen LogP contribution >= 0.6 is 0 Å². The third-order valence-electron chi connectivity index (χ3n) is 7.53. The van der Waals surface area contributed by atoms with Crippen molar-refractivity contribution in [3.63, 3.8) is 0 Å². The molecule has 2 aliphatic carbocycles. The van der Waals surface area contributed by atoms with Crippen LogP contribution in [0.15, 0.2) is 48.1 Å². The smallest absolute Gasteiger partial charge is 0.0761 e. The van der Waals surface area contributed by atoms with Crippen LogP contribution in [0.2, 0.25) is 0 Å². The van der Waals surface area contributed by atoms with Crippen molar-refractivity contribution in [3.8, 4) is 0 Å². The number of ether oxygens (including phenoxy) is 1. The molecule has 1 aromatic carbocycles. The van der Waals surface area contributed by atoms with Crippen molar-refractivity contribution in [1.29, 1.82) is 0 Å². The lowest BCUT2D eigenvalue weighted by Crippen LogP contribution is -2.31. The minimum atomic E-state index is -0.514. The summed E-state index contributed by atoms with van der Waals surface area (Å²) in [7, 11) is 0. The van der Waals surface area contributed by atoms with Gasteiger partial charge in [0, 0.05) is 25.5 Å². The lowest BCUT2D eigenvalue weighted by atomic mass is 9.89. The molecule has 176 valence electrons. The maximum absolute atomic E-state index is 10.6. The summed E-state index contributed by atoms with van der Waals surface area (Å²) < 4.78 is 5.99. The van der Waals surface area contributed by atoms with Gasteiger partial charge in [-0.25, -0.2) is 0 Å². The number of aliphatic hydroxyl groups is 2. The monoisotopic (exact) mass is 439 g/mol. The maximum atomic E-state index is 10.6. The van der Waals surface area contributed by atoms with Gasteiger partial charge in [-0.2, -0.15) is 0 Å². The van der Waals surface area contributed by atoms with Crippen molar-refractivity contribution in [2.45, 2.75) is 64.1 Å². The predicted molar refractivity (Wildman–Crippen MR) is 130 cm³/mol. The van der Waals surface area contributed by atoms with Gasteiger partial charge in [-0.1, -0.05) is 54.5 Å². The number of fused-ring (bicyclic) bond motifs is 1. The number of benzene rings is 1. The highest BCUT2D eigenvalue weighted by Crippen LogP contribution is 2.47. The van der Waals surface area contributed by atoms with Gasteiger partial charge in [-0.15, -0.1) is 0 Å². The number of likely N-dealkylation sites (tertiary alicyclic amines) is 1. The number of allylic oxidation sites excluding steroid dienone is 1. The molecule has 0 bridgehead atoms. The number of rotatable bonds is 10. The van der Waals surface area contributed by atoms with E-state index in [-0.39, 0.29) is 12.0 Å². The molecule has 4 rings (SSSR count). The second-order valence-electron chi connectivity index (χ2n) is 10.2. The van der Waals surface area contributed by atoms with Crippen molar-refractivity contribution < 1.29 is 14.9 Å². The molecule has 0 radical (unpaired) electrons. The van der Waals surface area contributed by atoms with Crippen LogP contribution in [0.1, 0.15) is 49.7 Å². The molecule has 0 amide bonds. The van der Waals surface area contributed by atoms with E-state index < -0.39 is 6.10 Å². The molecule has 32 heavy (non-hydrogen) atoms. The second-order valence-corrected chi connectivity index (χ2v) is 10.2. The third kappa shape index (κ3) is 6.54. The van der Waals surface area contributed by atoms with E-state index >= 15 is 0 Å². The number of aliphatic hydroxyl groups excluding tert-OH is 2. The van der Waals surface area contributed by atoms with Crippen molar-refractivity contribution in [1.82, 2.24) is 4.90 Å². The zero-order valence-electron chi connectivity index (χ0n) is 19.7. The van der Waals surface area contributed by atoms with Gasteiger partial charge in [-0.3, -0.25) is 0 Å². The first-order valence-electron chi connectivity index (χ1n) is 12.7. The first-order chi connectivity index (χ1) is 15.6. The summed E-state index contributed by atoms with van der Waals surface area (Å²) in [5.41, 5.74) is 3.75. The Morgan fingerprint density at radius 3 is 2.88 bits per heavy atom. The zero-order valence-corrected chi connectivity index (χ0v) is 19.7. The van der Waals surface area contributed by atoms with Gasteiger partial charge >= 0.3 is 0 Å². The average Bonchev–Trinajstić information content (AvgIpc) is 3.29. The molecule has 0 unspecified atom stereocenters. The summed E-state index contributed by atoms with van der Waals surface area (Å²) in [6.45, 7) is 7.31. The number of hydrogen-bond acceptors (Lipinski definition) is 4. The third-order valence-corrected chi connectivity index (χ3v) is 7.53. The van der Waals surface area contributed by atoms with Crippen LogP contribution in [0.4, 0.5) is 0 Å².